The van der Waals surface area contributed by atoms with Gasteiger partial charge in [-0.25, -0.2) is 13.1 Å². The van der Waals surface area contributed by atoms with Gasteiger partial charge in [-0.05, 0) is 18.2 Å². The molecule has 1 aromatic rings. The highest BCUT2D eigenvalue weighted by Crippen LogP contribution is 2.26. The van der Waals surface area contributed by atoms with E-state index >= 15 is 0 Å². The molecule has 0 aromatic heterocycles. The summed E-state index contributed by atoms with van der Waals surface area (Å²) in [5.74, 6) is 0.326. The molecule has 0 saturated heterocycles. The Hall–Kier alpha value is -0.630. The van der Waals surface area contributed by atoms with Crippen LogP contribution in [0.1, 0.15) is 13.8 Å². The Morgan fingerprint density at radius 3 is 2.58 bits per heavy atom. The summed E-state index contributed by atoms with van der Waals surface area (Å²) in [7, 11) is -2.12. The Balaban J connectivity index is 2.79. The monoisotopic (exact) mass is 350 g/mol. The number of ether oxygens (including phenoxy) is 1. The van der Waals surface area contributed by atoms with Gasteiger partial charge in [0.25, 0.3) is 0 Å². The quantitative estimate of drug-likeness (QED) is 0.735. The largest absolute Gasteiger partial charge is 0.495 e. The zero-order valence-corrected chi connectivity index (χ0v) is 13.6. The van der Waals surface area contributed by atoms with E-state index < -0.39 is 10.0 Å². The summed E-state index contributed by atoms with van der Waals surface area (Å²) < 4.78 is 32.6. The van der Waals surface area contributed by atoms with Crippen LogP contribution in [0.15, 0.2) is 27.6 Å². The summed E-state index contributed by atoms with van der Waals surface area (Å²) in [6.07, 6.45) is 0. The number of rotatable bonds is 7. The van der Waals surface area contributed by atoms with Gasteiger partial charge < -0.3 is 10.1 Å². The summed E-state index contributed by atoms with van der Waals surface area (Å²) in [6, 6.07) is 5.20. The van der Waals surface area contributed by atoms with Crippen molar-refractivity contribution in [3.8, 4) is 5.75 Å². The molecule has 0 saturated carbocycles. The van der Waals surface area contributed by atoms with Gasteiger partial charge in [0.2, 0.25) is 10.0 Å². The van der Waals surface area contributed by atoms with Crippen molar-refractivity contribution >= 4 is 26.0 Å². The van der Waals surface area contributed by atoms with Crippen molar-refractivity contribution in [1.29, 1.82) is 0 Å². The fourth-order valence-corrected chi connectivity index (χ4v) is 3.22. The maximum Gasteiger partial charge on any atom is 0.244 e. The van der Waals surface area contributed by atoms with Crippen molar-refractivity contribution in [2.75, 3.05) is 20.2 Å². The smallest absolute Gasteiger partial charge is 0.244 e. The number of benzene rings is 1. The number of halogens is 1. The average Bonchev–Trinajstić information content (AvgIpc) is 2.34. The van der Waals surface area contributed by atoms with E-state index in [0.717, 1.165) is 0 Å². The minimum Gasteiger partial charge on any atom is -0.495 e. The van der Waals surface area contributed by atoms with Gasteiger partial charge in [0.1, 0.15) is 10.6 Å². The highest BCUT2D eigenvalue weighted by Gasteiger charge is 2.19. The van der Waals surface area contributed by atoms with Crippen molar-refractivity contribution in [1.82, 2.24) is 10.0 Å². The molecule has 0 heterocycles. The van der Waals surface area contributed by atoms with Crippen LogP contribution in [0.2, 0.25) is 0 Å². The molecule has 0 aliphatic carbocycles. The van der Waals surface area contributed by atoms with Crippen molar-refractivity contribution < 1.29 is 13.2 Å². The molecule has 7 heteroatoms. The molecule has 1 aromatic carbocycles. The Bertz CT molecular complexity index is 518. The zero-order chi connectivity index (χ0) is 14.5. The summed E-state index contributed by atoms with van der Waals surface area (Å²) in [4.78, 5) is 0.133. The highest BCUT2D eigenvalue weighted by atomic mass is 79.9. The van der Waals surface area contributed by atoms with Gasteiger partial charge in [-0.1, -0.05) is 29.8 Å². The molecule has 0 amide bonds. The van der Waals surface area contributed by atoms with E-state index in [0.29, 0.717) is 29.4 Å². The first-order valence-electron chi connectivity index (χ1n) is 5.93. The van der Waals surface area contributed by atoms with Crippen molar-refractivity contribution in [3.63, 3.8) is 0 Å². The van der Waals surface area contributed by atoms with Gasteiger partial charge in [-0.3, -0.25) is 0 Å². The molecule has 1 rings (SSSR count). The molecule has 0 atom stereocenters. The SMILES string of the molecule is COc1ccc(Br)cc1S(=O)(=O)NCCNC(C)C. The van der Waals surface area contributed by atoms with Crippen LogP contribution < -0.4 is 14.8 Å². The summed E-state index contributed by atoms with van der Waals surface area (Å²) in [5, 5.41) is 3.14. The van der Waals surface area contributed by atoms with E-state index in [1.807, 2.05) is 13.8 Å². The molecule has 0 aliphatic rings. The van der Waals surface area contributed by atoms with Crippen LogP contribution in [0.25, 0.3) is 0 Å². The van der Waals surface area contributed by atoms with E-state index in [-0.39, 0.29) is 4.90 Å². The molecule has 0 radical (unpaired) electrons. The molecule has 0 unspecified atom stereocenters. The predicted molar refractivity (Wildman–Crippen MR) is 79.0 cm³/mol. The Labute approximate surface area is 122 Å². The normalized spacial score (nSPS) is 11.8. The van der Waals surface area contributed by atoms with Gasteiger partial charge in [-0.2, -0.15) is 0 Å². The lowest BCUT2D eigenvalue weighted by Gasteiger charge is -2.12. The Kier molecular flexibility index (Phi) is 6.25. The summed E-state index contributed by atoms with van der Waals surface area (Å²) >= 11 is 3.26. The molecule has 0 aliphatic heterocycles. The van der Waals surface area contributed by atoms with Gasteiger partial charge in [0, 0.05) is 23.6 Å². The van der Waals surface area contributed by atoms with E-state index in [4.69, 9.17) is 4.74 Å². The third-order valence-corrected chi connectivity index (χ3v) is 4.36. The second-order valence-electron chi connectivity index (χ2n) is 4.30. The first-order chi connectivity index (χ1) is 8.86. The Morgan fingerprint density at radius 2 is 2.00 bits per heavy atom. The van der Waals surface area contributed by atoms with E-state index in [9.17, 15) is 8.42 Å². The lowest BCUT2D eigenvalue weighted by molar-refractivity contribution is 0.402. The van der Waals surface area contributed by atoms with Gasteiger partial charge in [0.05, 0.1) is 7.11 Å². The van der Waals surface area contributed by atoms with Crippen LogP contribution >= 0.6 is 15.9 Å². The lowest BCUT2D eigenvalue weighted by Crippen LogP contribution is -2.34. The molecular weight excluding hydrogens is 332 g/mol. The van der Waals surface area contributed by atoms with E-state index in [1.165, 1.54) is 13.2 Å². The van der Waals surface area contributed by atoms with Crippen molar-refractivity contribution in [2.24, 2.45) is 0 Å². The summed E-state index contributed by atoms with van der Waals surface area (Å²) in [5.41, 5.74) is 0. The molecule has 5 nitrogen and oxygen atoms in total. The topological polar surface area (TPSA) is 67.4 Å². The third kappa shape index (κ3) is 5.10. The minimum absolute atomic E-state index is 0.133. The van der Waals surface area contributed by atoms with Crippen LogP contribution in [-0.2, 0) is 10.0 Å². The fourth-order valence-electron chi connectivity index (χ4n) is 1.48. The molecular formula is C12H19BrN2O3S. The van der Waals surface area contributed by atoms with Crippen LogP contribution in [0.4, 0.5) is 0 Å². The number of nitrogens with one attached hydrogen (secondary N) is 2. The molecule has 2 N–H and O–H groups in total. The zero-order valence-electron chi connectivity index (χ0n) is 11.2. The number of hydrogen-bond donors (Lipinski definition) is 2. The van der Waals surface area contributed by atoms with Crippen LogP contribution in [0, 0.1) is 0 Å². The maximum atomic E-state index is 12.2. The first kappa shape index (κ1) is 16.4. The van der Waals surface area contributed by atoms with Crippen LogP contribution in [0.5, 0.6) is 5.75 Å². The average molecular weight is 351 g/mol. The number of methoxy groups -OCH3 is 1. The molecule has 19 heavy (non-hydrogen) atoms. The molecule has 0 spiro atoms. The third-order valence-electron chi connectivity index (χ3n) is 2.38. The molecule has 108 valence electrons. The van der Waals surface area contributed by atoms with Gasteiger partial charge >= 0.3 is 0 Å². The number of hydrogen-bond acceptors (Lipinski definition) is 4. The van der Waals surface area contributed by atoms with Crippen LogP contribution in [0.3, 0.4) is 0 Å². The molecule has 0 fully saturated rings. The molecule has 0 bridgehead atoms. The van der Waals surface area contributed by atoms with E-state index in [2.05, 4.69) is 26.0 Å². The van der Waals surface area contributed by atoms with Crippen LogP contribution in [-0.4, -0.2) is 34.7 Å². The van der Waals surface area contributed by atoms with Crippen molar-refractivity contribution in [2.45, 2.75) is 24.8 Å². The second kappa shape index (κ2) is 7.23. The Morgan fingerprint density at radius 1 is 1.32 bits per heavy atom. The fraction of sp³-hybridized carbons (Fsp3) is 0.500. The lowest BCUT2D eigenvalue weighted by atomic mass is 10.3. The van der Waals surface area contributed by atoms with E-state index in [1.54, 1.807) is 12.1 Å². The standard InChI is InChI=1S/C12H19BrN2O3S/c1-9(2)14-6-7-15-19(16,17)12-8-10(13)4-5-11(12)18-3/h4-5,8-9,14-15H,6-7H2,1-3H3. The highest BCUT2D eigenvalue weighted by molar-refractivity contribution is 9.10. The maximum absolute atomic E-state index is 12.2. The first-order valence-corrected chi connectivity index (χ1v) is 8.21. The van der Waals surface area contributed by atoms with Crippen molar-refractivity contribution in [3.05, 3.63) is 22.7 Å². The van der Waals surface area contributed by atoms with Gasteiger partial charge in [-0.15, -0.1) is 0 Å². The minimum atomic E-state index is -3.57. The second-order valence-corrected chi connectivity index (χ2v) is 6.95. The predicted octanol–water partition coefficient (Wildman–Crippen LogP) is 1.73. The number of sulfonamides is 1. The summed E-state index contributed by atoms with van der Waals surface area (Å²) in [6.45, 7) is 4.92. The van der Waals surface area contributed by atoms with Gasteiger partial charge in [0.15, 0.2) is 0 Å².